The first-order valence-corrected chi connectivity index (χ1v) is 8.38. The minimum atomic E-state index is -0.453. The van der Waals surface area contributed by atoms with Crippen molar-refractivity contribution in [3.8, 4) is 0 Å². The molecule has 1 amide bonds. The SMILES string of the molecule is [N-]=[N+]=NC1CC[C@@H]2[C@H]3CCCN4CCC[C@@H](CN2C1=O)[C@@H]34. The smallest absolute Gasteiger partial charge is 0.231 e. The fraction of sp³-hybridized carbons (Fsp3) is 0.933. The normalized spacial score (nSPS) is 42.8. The van der Waals surface area contributed by atoms with Crippen LogP contribution in [0, 0.1) is 11.8 Å². The number of hydrogen-bond donors (Lipinski definition) is 0. The molecule has 0 aromatic rings. The summed E-state index contributed by atoms with van der Waals surface area (Å²) < 4.78 is 0. The Morgan fingerprint density at radius 3 is 2.76 bits per heavy atom. The Hall–Kier alpha value is -1.26. The fourth-order valence-corrected chi connectivity index (χ4v) is 5.43. The molecule has 4 saturated heterocycles. The Kier molecular flexibility index (Phi) is 3.31. The lowest BCUT2D eigenvalue weighted by atomic mass is 9.68. The van der Waals surface area contributed by atoms with Gasteiger partial charge in [0, 0.05) is 23.5 Å². The monoisotopic (exact) mass is 289 g/mol. The van der Waals surface area contributed by atoms with Gasteiger partial charge in [0.1, 0.15) is 6.04 Å². The Balaban J connectivity index is 1.62. The van der Waals surface area contributed by atoms with Crippen molar-refractivity contribution in [1.29, 1.82) is 0 Å². The van der Waals surface area contributed by atoms with Crippen LogP contribution in [0.15, 0.2) is 5.11 Å². The Morgan fingerprint density at radius 1 is 1.14 bits per heavy atom. The third kappa shape index (κ3) is 2.04. The first-order chi connectivity index (χ1) is 10.3. The fourth-order valence-electron chi connectivity index (χ4n) is 5.43. The average Bonchev–Trinajstić information content (AvgIpc) is 2.51. The summed E-state index contributed by atoms with van der Waals surface area (Å²) in [6, 6.07) is 0.647. The van der Waals surface area contributed by atoms with E-state index in [0.29, 0.717) is 23.9 Å². The maximum Gasteiger partial charge on any atom is 0.231 e. The lowest BCUT2D eigenvalue weighted by Crippen LogP contribution is -2.67. The Labute approximate surface area is 125 Å². The maximum absolute atomic E-state index is 12.6. The molecule has 0 aromatic heterocycles. The molecule has 5 atom stereocenters. The number of amides is 1. The van der Waals surface area contributed by atoms with Gasteiger partial charge in [-0.15, -0.1) is 0 Å². The summed E-state index contributed by atoms with van der Waals surface area (Å²) in [5.41, 5.74) is 8.64. The van der Waals surface area contributed by atoms with E-state index >= 15 is 0 Å². The van der Waals surface area contributed by atoms with E-state index in [1.54, 1.807) is 0 Å². The van der Waals surface area contributed by atoms with Crippen molar-refractivity contribution in [1.82, 2.24) is 9.80 Å². The average molecular weight is 289 g/mol. The second-order valence-corrected chi connectivity index (χ2v) is 7.09. The summed E-state index contributed by atoms with van der Waals surface area (Å²) in [6.45, 7) is 3.39. The van der Waals surface area contributed by atoms with Crippen molar-refractivity contribution in [2.24, 2.45) is 17.0 Å². The van der Waals surface area contributed by atoms with Gasteiger partial charge >= 0.3 is 0 Å². The number of nitrogens with zero attached hydrogens (tertiary/aromatic N) is 5. The van der Waals surface area contributed by atoms with Crippen LogP contribution >= 0.6 is 0 Å². The van der Waals surface area contributed by atoms with Gasteiger partial charge in [0.25, 0.3) is 0 Å². The number of azide groups is 1. The van der Waals surface area contributed by atoms with E-state index in [-0.39, 0.29) is 5.91 Å². The predicted molar refractivity (Wildman–Crippen MR) is 78.5 cm³/mol. The van der Waals surface area contributed by atoms with Gasteiger partial charge in [-0.25, -0.2) is 0 Å². The van der Waals surface area contributed by atoms with E-state index < -0.39 is 6.04 Å². The van der Waals surface area contributed by atoms with Gasteiger partial charge in [-0.1, -0.05) is 5.11 Å². The number of carbonyl (C=O) groups is 1. The quantitative estimate of drug-likeness (QED) is 0.421. The highest BCUT2D eigenvalue weighted by molar-refractivity contribution is 5.83. The van der Waals surface area contributed by atoms with E-state index in [2.05, 4.69) is 19.8 Å². The summed E-state index contributed by atoms with van der Waals surface area (Å²) in [5.74, 6) is 1.37. The van der Waals surface area contributed by atoms with Crippen molar-refractivity contribution in [2.45, 2.75) is 56.7 Å². The van der Waals surface area contributed by atoms with Crippen LogP contribution in [0.3, 0.4) is 0 Å². The molecule has 21 heavy (non-hydrogen) atoms. The second kappa shape index (κ2) is 5.18. The highest BCUT2D eigenvalue weighted by Gasteiger charge is 2.51. The lowest BCUT2D eigenvalue weighted by molar-refractivity contribution is -0.152. The minimum Gasteiger partial charge on any atom is -0.339 e. The number of carbonyl (C=O) groups excluding carboxylic acids is 1. The maximum atomic E-state index is 12.6. The molecule has 6 nitrogen and oxygen atoms in total. The van der Waals surface area contributed by atoms with Crippen LogP contribution in [0.1, 0.15) is 38.5 Å². The first-order valence-electron chi connectivity index (χ1n) is 8.38. The van der Waals surface area contributed by atoms with Gasteiger partial charge in [-0.05, 0) is 69.0 Å². The van der Waals surface area contributed by atoms with E-state index in [0.717, 1.165) is 19.4 Å². The van der Waals surface area contributed by atoms with Gasteiger partial charge in [-0.3, -0.25) is 9.69 Å². The highest BCUT2D eigenvalue weighted by atomic mass is 16.2. The molecule has 0 aromatic carbocycles. The molecule has 114 valence electrons. The van der Waals surface area contributed by atoms with Crippen molar-refractivity contribution >= 4 is 5.91 Å². The number of rotatable bonds is 1. The van der Waals surface area contributed by atoms with E-state index in [4.69, 9.17) is 5.53 Å². The van der Waals surface area contributed by atoms with Crippen LogP contribution in [0.4, 0.5) is 0 Å². The number of piperidine rings is 4. The summed E-state index contributed by atoms with van der Waals surface area (Å²) >= 11 is 0. The summed E-state index contributed by atoms with van der Waals surface area (Å²) in [6.07, 6.45) is 6.79. The molecule has 1 unspecified atom stereocenters. The number of hydrogen-bond acceptors (Lipinski definition) is 3. The molecule has 0 saturated carbocycles. The van der Waals surface area contributed by atoms with Crippen LogP contribution < -0.4 is 0 Å². The van der Waals surface area contributed by atoms with E-state index in [9.17, 15) is 4.79 Å². The van der Waals surface area contributed by atoms with Crippen molar-refractivity contribution in [3.05, 3.63) is 10.4 Å². The topological polar surface area (TPSA) is 72.3 Å². The molecule has 4 heterocycles. The van der Waals surface area contributed by atoms with Crippen LogP contribution in [0.2, 0.25) is 0 Å². The standard InChI is InChI=1S/C15H23N5O/c16-18-17-12-5-6-13-11-4-2-8-19-7-1-3-10(14(11)19)9-20(13)15(12)21/h10-14H,1-9H2/t10-,11+,12?,13+,14-/m0/s1. The molecule has 0 spiro atoms. The molecule has 0 radical (unpaired) electrons. The first kappa shape index (κ1) is 13.4. The molecule has 0 N–H and O–H groups in total. The van der Waals surface area contributed by atoms with Gasteiger partial charge in [0.15, 0.2) is 0 Å². The Morgan fingerprint density at radius 2 is 1.95 bits per heavy atom. The van der Waals surface area contributed by atoms with Crippen molar-refractivity contribution < 1.29 is 4.79 Å². The molecular formula is C15H23N5O. The molecule has 0 bridgehead atoms. The lowest BCUT2D eigenvalue weighted by Gasteiger charge is -2.59. The van der Waals surface area contributed by atoms with Gasteiger partial charge in [0.05, 0.1) is 0 Å². The third-order valence-corrected chi connectivity index (χ3v) is 6.17. The van der Waals surface area contributed by atoms with Crippen LogP contribution in [-0.4, -0.2) is 53.5 Å². The predicted octanol–water partition coefficient (Wildman–Crippen LogP) is 2.16. The van der Waals surface area contributed by atoms with Crippen molar-refractivity contribution in [2.75, 3.05) is 19.6 Å². The summed E-state index contributed by atoms with van der Waals surface area (Å²) in [4.78, 5) is 20.3. The van der Waals surface area contributed by atoms with E-state index in [1.807, 2.05) is 0 Å². The molecular weight excluding hydrogens is 266 g/mol. The third-order valence-electron chi connectivity index (χ3n) is 6.17. The zero-order valence-corrected chi connectivity index (χ0v) is 12.4. The van der Waals surface area contributed by atoms with E-state index in [1.165, 1.54) is 38.8 Å². The zero-order valence-electron chi connectivity index (χ0n) is 12.4. The minimum absolute atomic E-state index is 0.0881. The second-order valence-electron chi connectivity index (χ2n) is 7.09. The molecule has 4 rings (SSSR count). The van der Waals surface area contributed by atoms with Crippen LogP contribution in [0.25, 0.3) is 10.4 Å². The molecule has 0 aliphatic carbocycles. The summed E-state index contributed by atoms with van der Waals surface area (Å²) in [5, 5.41) is 3.72. The van der Waals surface area contributed by atoms with Gasteiger partial charge < -0.3 is 4.90 Å². The largest absolute Gasteiger partial charge is 0.339 e. The molecule has 6 heteroatoms. The van der Waals surface area contributed by atoms with Gasteiger partial charge in [0.2, 0.25) is 5.91 Å². The molecule has 4 aliphatic heterocycles. The molecule has 4 aliphatic rings. The summed E-state index contributed by atoms with van der Waals surface area (Å²) in [7, 11) is 0. The van der Waals surface area contributed by atoms with Gasteiger partial charge in [-0.2, -0.15) is 0 Å². The van der Waals surface area contributed by atoms with Crippen LogP contribution in [0.5, 0.6) is 0 Å². The molecule has 4 fully saturated rings. The Bertz CT molecular complexity index is 486. The zero-order chi connectivity index (χ0) is 14.4. The van der Waals surface area contributed by atoms with Crippen LogP contribution in [-0.2, 0) is 4.79 Å². The van der Waals surface area contributed by atoms with Crippen molar-refractivity contribution in [3.63, 3.8) is 0 Å². The number of fused-ring (bicyclic) bond motifs is 2. The highest BCUT2D eigenvalue weighted by Crippen LogP contribution is 2.44.